The lowest BCUT2D eigenvalue weighted by Gasteiger charge is -2.19. The molecule has 0 aliphatic rings. The fourth-order valence-electron chi connectivity index (χ4n) is 2.52. The number of rotatable bonds is 7. The summed E-state index contributed by atoms with van der Waals surface area (Å²) >= 11 is 0. The lowest BCUT2D eigenvalue weighted by atomic mass is 9.92. The fraction of sp³-hybridized carbons (Fsp3) is 0.609. The molecule has 0 amide bonds. The van der Waals surface area contributed by atoms with Crippen LogP contribution in [0.15, 0.2) is 18.2 Å². The van der Waals surface area contributed by atoms with Crippen molar-refractivity contribution in [1.82, 2.24) is 0 Å². The third-order valence-corrected chi connectivity index (χ3v) is 3.76. The Bertz CT molecular complexity index is 743. The van der Waals surface area contributed by atoms with Gasteiger partial charge >= 0.3 is 17.9 Å². The first-order valence-electron chi connectivity index (χ1n) is 9.58. The summed E-state index contributed by atoms with van der Waals surface area (Å²) in [6.07, 6.45) is 0.582. The predicted molar refractivity (Wildman–Crippen MR) is 116 cm³/mol. The molecule has 0 unspecified atom stereocenters. The normalized spacial score (nSPS) is 12.4. The average Bonchev–Trinajstić information content (AvgIpc) is 2.52. The van der Waals surface area contributed by atoms with Crippen molar-refractivity contribution >= 4 is 17.9 Å². The van der Waals surface area contributed by atoms with Gasteiger partial charge in [-0.25, -0.2) is 0 Å². The Morgan fingerprint density at radius 2 is 1.37 bits per heavy atom. The van der Waals surface area contributed by atoms with Gasteiger partial charge in [0, 0.05) is 0 Å². The van der Waals surface area contributed by atoms with Crippen molar-refractivity contribution in [3.05, 3.63) is 23.8 Å². The van der Waals surface area contributed by atoms with E-state index in [4.69, 9.17) is 15.2 Å². The van der Waals surface area contributed by atoms with Gasteiger partial charge in [-0.3, -0.25) is 14.4 Å². The van der Waals surface area contributed by atoms with E-state index in [2.05, 4.69) is 4.74 Å². The molecule has 0 saturated carbocycles. The van der Waals surface area contributed by atoms with Crippen molar-refractivity contribution in [2.45, 2.75) is 74.3 Å². The van der Waals surface area contributed by atoms with Crippen molar-refractivity contribution in [2.75, 3.05) is 7.11 Å². The van der Waals surface area contributed by atoms with Crippen LogP contribution >= 0.6 is 0 Å². The summed E-state index contributed by atoms with van der Waals surface area (Å²) in [5, 5.41) is 0. The summed E-state index contributed by atoms with van der Waals surface area (Å²) in [6.45, 7) is 11.5. The molecule has 170 valence electrons. The first-order chi connectivity index (χ1) is 13.2. The van der Waals surface area contributed by atoms with Crippen LogP contribution in [0.3, 0.4) is 0 Å². The minimum Gasteiger partial charge on any atom is -0.468 e. The van der Waals surface area contributed by atoms with E-state index >= 15 is 0 Å². The topological polar surface area (TPSA) is 105 Å². The number of nitrogens with two attached hydrogens (primary N) is 1. The van der Waals surface area contributed by atoms with E-state index < -0.39 is 23.9 Å². The molecule has 2 N–H and O–H groups in total. The van der Waals surface area contributed by atoms with E-state index in [1.54, 1.807) is 18.2 Å². The molecule has 1 atom stereocenters. The molecule has 0 aliphatic carbocycles. The Labute approximate surface area is 180 Å². The van der Waals surface area contributed by atoms with Crippen LogP contribution in [0.2, 0.25) is 0 Å². The molecule has 7 nitrogen and oxygen atoms in total. The Morgan fingerprint density at radius 3 is 1.80 bits per heavy atom. The second-order valence-corrected chi connectivity index (χ2v) is 9.54. The van der Waals surface area contributed by atoms with Gasteiger partial charge in [0.15, 0.2) is 11.5 Å². The van der Waals surface area contributed by atoms with E-state index in [0.717, 1.165) is 0 Å². The highest BCUT2D eigenvalue weighted by Gasteiger charge is 2.23. The zero-order chi connectivity index (χ0) is 22.4. The number of carbonyl (C=O) groups excluding carboxylic acids is 3. The van der Waals surface area contributed by atoms with Gasteiger partial charge < -0.3 is 19.9 Å². The lowest BCUT2D eigenvalue weighted by Crippen LogP contribution is -2.33. The van der Waals surface area contributed by atoms with Crippen molar-refractivity contribution < 1.29 is 28.6 Å². The Kier molecular flexibility index (Phi) is 10.2. The minimum atomic E-state index is -0.854. The van der Waals surface area contributed by atoms with E-state index in [0.29, 0.717) is 5.56 Å². The highest BCUT2D eigenvalue weighted by molar-refractivity contribution is 5.77. The zero-order valence-electron chi connectivity index (χ0n) is 18.5. The number of hydrogen-bond acceptors (Lipinski definition) is 7. The molecule has 1 rings (SSSR count). The molecule has 0 bridgehead atoms. The summed E-state index contributed by atoms with van der Waals surface area (Å²) in [6, 6.07) is 3.92. The summed E-state index contributed by atoms with van der Waals surface area (Å²) < 4.78 is 15.6. The predicted octanol–water partition coefficient (Wildman–Crippen LogP) is 4.05. The molecular formula is C23H37NO6. The van der Waals surface area contributed by atoms with Gasteiger partial charge in [-0.05, 0) is 34.9 Å². The van der Waals surface area contributed by atoms with Crippen LogP contribution in [0.5, 0.6) is 11.5 Å². The van der Waals surface area contributed by atoms with Gasteiger partial charge in [-0.15, -0.1) is 0 Å². The summed E-state index contributed by atoms with van der Waals surface area (Å²) in [7, 11) is 1.26. The number of ether oxygens (including phenoxy) is 3. The minimum absolute atomic E-state index is 0. The van der Waals surface area contributed by atoms with Gasteiger partial charge in [-0.1, -0.05) is 55.0 Å². The number of hydrogen-bond donors (Lipinski definition) is 1. The largest absolute Gasteiger partial charge is 0.468 e. The molecule has 7 heteroatoms. The maximum absolute atomic E-state index is 12.3. The van der Waals surface area contributed by atoms with Gasteiger partial charge in [0.1, 0.15) is 6.04 Å². The number of methoxy groups -OCH3 is 1. The molecular weight excluding hydrogens is 386 g/mol. The third kappa shape index (κ3) is 10.4. The van der Waals surface area contributed by atoms with Crippen LogP contribution < -0.4 is 15.2 Å². The Hall–Kier alpha value is -2.41. The molecule has 1 aromatic rings. The smallest absolute Gasteiger partial charge is 0.322 e. The Morgan fingerprint density at radius 1 is 0.900 bits per heavy atom. The second kappa shape index (κ2) is 11.1. The molecule has 0 aromatic heterocycles. The second-order valence-electron chi connectivity index (χ2n) is 9.54. The summed E-state index contributed by atoms with van der Waals surface area (Å²) in [4.78, 5) is 36.1. The third-order valence-electron chi connectivity index (χ3n) is 3.76. The maximum Gasteiger partial charge on any atom is 0.322 e. The number of benzene rings is 1. The van der Waals surface area contributed by atoms with E-state index in [-0.39, 0.29) is 49.0 Å². The van der Waals surface area contributed by atoms with Gasteiger partial charge in [-0.2, -0.15) is 0 Å². The van der Waals surface area contributed by atoms with Crippen LogP contribution in [-0.4, -0.2) is 31.1 Å². The van der Waals surface area contributed by atoms with Crippen LogP contribution in [0.1, 0.15) is 67.4 Å². The number of carbonyl (C=O) groups is 3. The highest BCUT2D eigenvalue weighted by atomic mass is 16.6. The summed E-state index contributed by atoms with van der Waals surface area (Å²) in [5.41, 5.74) is 5.96. The molecule has 0 saturated heterocycles. The zero-order valence-corrected chi connectivity index (χ0v) is 18.5. The van der Waals surface area contributed by atoms with Gasteiger partial charge in [0.05, 0.1) is 20.0 Å². The van der Waals surface area contributed by atoms with E-state index in [1.807, 2.05) is 41.5 Å². The molecule has 0 spiro atoms. The summed E-state index contributed by atoms with van der Waals surface area (Å²) in [5.74, 6) is -1.14. The monoisotopic (exact) mass is 423 g/mol. The number of esters is 3. The maximum atomic E-state index is 12.3. The first-order valence-corrected chi connectivity index (χ1v) is 9.58. The quantitative estimate of drug-likeness (QED) is 0.521. The van der Waals surface area contributed by atoms with E-state index in [1.165, 1.54) is 7.11 Å². The van der Waals surface area contributed by atoms with Crippen molar-refractivity contribution in [3.8, 4) is 11.5 Å². The van der Waals surface area contributed by atoms with Crippen LogP contribution in [0.4, 0.5) is 0 Å². The van der Waals surface area contributed by atoms with E-state index in [9.17, 15) is 14.4 Å². The van der Waals surface area contributed by atoms with Crippen molar-refractivity contribution in [1.29, 1.82) is 0 Å². The van der Waals surface area contributed by atoms with Gasteiger partial charge in [0.2, 0.25) is 0 Å². The molecule has 0 aliphatic heterocycles. The lowest BCUT2D eigenvalue weighted by molar-refractivity contribution is -0.142. The SMILES string of the molecule is C.COC(=O)[C@@H](N)Cc1ccc(OC(=O)CC(C)(C)C)c(OC(=O)CC(C)(C)C)c1. The molecule has 1 aromatic carbocycles. The molecule has 0 fully saturated rings. The molecule has 30 heavy (non-hydrogen) atoms. The van der Waals surface area contributed by atoms with Crippen LogP contribution in [0, 0.1) is 10.8 Å². The highest BCUT2D eigenvalue weighted by Crippen LogP contribution is 2.32. The van der Waals surface area contributed by atoms with Crippen LogP contribution in [-0.2, 0) is 25.5 Å². The first kappa shape index (κ1) is 27.6. The standard InChI is InChI=1S/C22H33NO6.CH4/c1-21(2,3)12-18(24)28-16-9-8-14(10-15(23)20(26)27-7)11-17(16)29-19(25)13-22(4,5)6;/h8-9,11,15H,10,12-13,23H2,1-7H3;1H4/t15-;/m0./s1. The van der Waals surface area contributed by atoms with Crippen LogP contribution in [0.25, 0.3) is 0 Å². The average molecular weight is 424 g/mol. The fourth-order valence-corrected chi connectivity index (χ4v) is 2.52. The Balaban J connectivity index is 0.00000841. The molecule has 0 radical (unpaired) electrons. The van der Waals surface area contributed by atoms with Crippen molar-refractivity contribution in [2.24, 2.45) is 16.6 Å². The molecule has 0 heterocycles. The van der Waals surface area contributed by atoms with Crippen molar-refractivity contribution in [3.63, 3.8) is 0 Å². The van der Waals surface area contributed by atoms with Gasteiger partial charge in [0.25, 0.3) is 0 Å².